The Hall–Kier alpha value is -1.38. The van der Waals surface area contributed by atoms with Gasteiger partial charge in [0.1, 0.15) is 11.6 Å². The number of rotatable bonds is 0. The van der Waals surface area contributed by atoms with Gasteiger partial charge in [0.15, 0.2) is 5.78 Å². The van der Waals surface area contributed by atoms with Crippen LogP contribution in [0, 0.1) is 17.2 Å². The van der Waals surface area contributed by atoms with Crippen LogP contribution in [-0.2, 0) is 0 Å². The predicted molar refractivity (Wildman–Crippen MR) is 63.8 cm³/mol. The fraction of sp³-hybridized carbons (Fsp3) is 0.500. The number of carbonyl (C=O) groups excluding carboxylic acids is 1. The lowest BCUT2D eigenvalue weighted by Crippen LogP contribution is -2.30. The molecule has 1 heterocycles. The molecule has 1 aliphatic heterocycles. The molecule has 1 aromatic rings. The summed E-state index contributed by atoms with van der Waals surface area (Å²) in [4.78, 5) is 12.2. The highest BCUT2D eigenvalue weighted by molar-refractivity contribution is 6.00. The first-order chi connectivity index (χ1) is 7.89. The van der Waals surface area contributed by atoms with Gasteiger partial charge in [-0.15, -0.1) is 0 Å². The van der Waals surface area contributed by atoms with E-state index in [9.17, 15) is 9.18 Å². The van der Waals surface area contributed by atoms with E-state index in [-0.39, 0.29) is 17.1 Å². The van der Waals surface area contributed by atoms with Crippen LogP contribution in [-0.4, -0.2) is 12.4 Å². The number of benzene rings is 1. The third kappa shape index (κ3) is 2.48. The number of halogens is 1. The highest BCUT2D eigenvalue weighted by atomic mass is 19.1. The smallest absolute Gasteiger partial charge is 0.169 e. The minimum absolute atomic E-state index is 0.0349. The molecule has 1 aromatic carbocycles. The van der Waals surface area contributed by atoms with Crippen LogP contribution in [0.5, 0.6) is 5.75 Å². The number of fused-ring (bicyclic) bond motifs is 1. The molecule has 0 saturated carbocycles. The highest BCUT2D eigenvalue weighted by Gasteiger charge is 2.31. The van der Waals surface area contributed by atoms with Gasteiger partial charge in [0.25, 0.3) is 0 Å². The van der Waals surface area contributed by atoms with E-state index in [1.165, 1.54) is 18.2 Å². The number of hydrogen-bond acceptors (Lipinski definition) is 2. The van der Waals surface area contributed by atoms with Crippen molar-refractivity contribution >= 4 is 5.78 Å². The lowest BCUT2D eigenvalue weighted by atomic mass is 9.80. The molecule has 0 bridgehead atoms. The summed E-state index contributed by atoms with van der Waals surface area (Å²) in [6.07, 6.45) is 0.752. The first-order valence-electron chi connectivity index (χ1n) is 5.86. The van der Waals surface area contributed by atoms with Crippen LogP contribution in [0.25, 0.3) is 0 Å². The molecule has 0 aliphatic carbocycles. The molecule has 92 valence electrons. The average Bonchev–Trinajstić information content (AvgIpc) is 2.24. The summed E-state index contributed by atoms with van der Waals surface area (Å²) in [7, 11) is 0. The molecule has 0 spiro atoms. The van der Waals surface area contributed by atoms with Gasteiger partial charge >= 0.3 is 0 Å². The van der Waals surface area contributed by atoms with Gasteiger partial charge in [-0.2, -0.15) is 0 Å². The zero-order valence-corrected chi connectivity index (χ0v) is 10.4. The Bertz CT molecular complexity index is 452. The zero-order chi connectivity index (χ0) is 12.6. The number of carbonyl (C=O) groups is 1. The monoisotopic (exact) mass is 236 g/mol. The molecular formula is C14H17FO2. The van der Waals surface area contributed by atoms with E-state index >= 15 is 0 Å². The Balaban J connectivity index is 2.45. The SMILES string of the molecule is CC1CC(C)(C)COc2ccc(F)cc2C1=O. The fourth-order valence-electron chi connectivity index (χ4n) is 2.34. The van der Waals surface area contributed by atoms with Gasteiger partial charge in [-0.25, -0.2) is 4.39 Å². The molecule has 0 fully saturated rings. The summed E-state index contributed by atoms with van der Waals surface area (Å²) in [5, 5.41) is 0. The van der Waals surface area contributed by atoms with Gasteiger partial charge in [-0.05, 0) is 30.0 Å². The largest absolute Gasteiger partial charge is 0.492 e. The summed E-state index contributed by atoms with van der Waals surface area (Å²) in [5.41, 5.74) is 0.328. The molecule has 0 amide bonds. The van der Waals surface area contributed by atoms with Gasteiger partial charge in [0.2, 0.25) is 0 Å². The van der Waals surface area contributed by atoms with Gasteiger partial charge in [0.05, 0.1) is 12.2 Å². The van der Waals surface area contributed by atoms with Gasteiger partial charge < -0.3 is 4.74 Å². The van der Waals surface area contributed by atoms with Crippen molar-refractivity contribution in [1.82, 2.24) is 0 Å². The first kappa shape index (κ1) is 12.1. The van der Waals surface area contributed by atoms with Crippen LogP contribution < -0.4 is 4.74 Å². The molecule has 1 unspecified atom stereocenters. The van der Waals surface area contributed by atoms with Crippen molar-refractivity contribution in [2.75, 3.05) is 6.61 Å². The van der Waals surface area contributed by atoms with Gasteiger partial charge in [-0.1, -0.05) is 20.8 Å². The van der Waals surface area contributed by atoms with Crippen LogP contribution in [0.1, 0.15) is 37.6 Å². The molecule has 0 radical (unpaired) electrons. The molecule has 17 heavy (non-hydrogen) atoms. The van der Waals surface area contributed by atoms with E-state index in [1.807, 2.05) is 6.92 Å². The van der Waals surface area contributed by atoms with Crippen molar-refractivity contribution in [2.45, 2.75) is 27.2 Å². The minimum atomic E-state index is -0.396. The third-order valence-electron chi connectivity index (χ3n) is 3.13. The van der Waals surface area contributed by atoms with Crippen molar-refractivity contribution in [2.24, 2.45) is 11.3 Å². The average molecular weight is 236 g/mol. The Morgan fingerprint density at radius 3 is 2.82 bits per heavy atom. The lowest BCUT2D eigenvalue weighted by molar-refractivity contribution is 0.0808. The summed E-state index contributed by atoms with van der Waals surface area (Å²) < 4.78 is 18.8. The second kappa shape index (κ2) is 4.13. The Labute approximate surface area is 101 Å². The summed E-state index contributed by atoms with van der Waals surface area (Å²) in [6.45, 7) is 6.59. The summed E-state index contributed by atoms with van der Waals surface area (Å²) >= 11 is 0. The Kier molecular flexibility index (Phi) is 2.94. The van der Waals surface area contributed by atoms with Gasteiger partial charge in [-0.3, -0.25) is 4.79 Å². The first-order valence-corrected chi connectivity index (χ1v) is 5.86. The van der Waals surface area contributed by atoms with Crippen LogP contribution in [0.4, 0.5) is 4.39 Å². The van der Waals surface area contributed by atoms with E-state index in [4.69, 9.17) is 4.74 Å². The summed E-state index contributed by atoms with van der Waals surface area (Å²) in [6, 6.07) is 4.13. The number of Topliss-reactive ketones (excluding diaryl/α,β-unsaturated/α-hetero) is 1. The number of ketones is 1. The molecule has 0 N–H and O–H groups in total. The van der Waals surface area contributed by atoms with Gasteiger partial charge in [0, 0.05) is 5.92 Å². The molecule has 0 saturated heterocycles. The lowest BCUT2D eigenvalue weighted by Gasteiger charge is -2.30. The number of hydrogen-bond donors (Lipinski definition) is 0. The molecule has 1 atom stereocenters. The second-order valence-corrected chi connectivity index (χ2v) is 5.56. The Morgan fingerprint density at radius 2 is 2.12 bits per heavy atom. The van der Waals surface area contributed by atoms with Crippen molar-refractivity contribution in [1.29, 1.82) is 0 Å². The topological polar surface area (TPSA) is 26.3 Å². The normalized spacial score (nSPS) is 23.3. The molecule has 0 aromatic heterocycles. The van der Waals surface area contributed by atoms with Crippen LogP contribution in [0.2, 0.25) is 0 Å². The molecule has 1 aliphatic rings. The highest BCUT2D eigenvalue weighted by Crippen LogP contribution is 2.34. The maximum absolute atomic E-state index is 13.2. The zero-order valence-electron chi connectivity index (χ0n) is 10.4. The van der Waals surface area contributed by atoms with Crippen LogP contribution in [0.3, 0.4) is 0 Å². The van der Waals surface area contributed by atoms with E-state index in [0.717, 1.165) is 6.42 Å². The van der Waals surface area contributed by atoms with Crippen LogP contribution in [0.15, 0.2) is 18.2 Å². The van der Waals surface area contributed by atoms with Crippen molar-refractivity contribution in [3.8, 4) is 5.75 Å². The second-order valence-electron chi connectivity index (χ2n) is 5.56. The van der Waals surface area contributed by atoms with Crippen molar-refractivity contribution in [3.63, 3.8) is 0 Å². The van der Waals surface area contributed by atoms with Crippen molar-refractivity contribution in [3.05, 3.63) is 29.6 Å². The van der Waals surface area contributed by atoms with E-state index in [2.05, 4.69) is 13.8 Å². The molecular weight excluding hydrogens is 219 g/mol. The molecule has 3 heteroatoms. The minimum Gasteiger partial charge on any atom is -0.492 e. The quantitative estimate of drug-likeness (QED) is 0.689. The van der Waals surface area contributed by atoms with E-state index in [1.54, 1.807) is 0 Å². The van der Waals surface area contributed by atoms with Crippen LogP contribution >= 0.6 is 0 Å². The summed E-state index contributed by atoms with van der Waals surface area (Å²) in [5.74, 6) is -0.0366. The van der Waals surface area contributed by atoms with E-state index < -0.39 is 5.82 Å². The van der Waals surface area contributed by atoms with Crippen molar-refractivity contribution < 1.29 is 13.9 Å². The standard InChI is InChI=1S/C14H17FO2/c1-9-7-14(2,3)8-17-12-5-4-10(15)6-11(12)13(9)16/h4-6,9H,7-8H2,1-3H3. The predicted octanol–water partition coefficient (Wildman–Crippen LogP) is 3.45. The molecule has 2 rings (SSSR count). The maximum Gasteiger partial charge on any atom is 0.169 e. The third-order valence-corrected chi connectivity index (χ3v) is 3.13. The Morgan fingerprint density at radius 1 is 1.41 bits per heavy atom. The maximum atomic E-state index is 13.2. The molecule has 2 nitrogen and oxygen atoms in total. The number of ether oxygens (including phenoxy) is 1. The fourth-order valence-corrected chi connectivity index (χ4v) is 2.34. The van der Waals surface area contributed by atoms with E-state index in [0.29, 0.717) is 17.9 Å².